The number of hydrogen-bond donors (Lipinski definition) is 0. The summed E-state index contributed by atoms with van der Waals surface area (Å²) in [6.45, 7) is 13.6. The van der Waals surface area contributed by atoms with Crippen LogP contribution in [0.25, 0.3) is 11.1 Å². The summed E-state index contributed by atoms with van der Waals surface area (Å²) in [7, 11) is 0. The van der Waals surface area contributed by atoms with Crippen LogP contribution in [0.5, 0.6) is 0 Å². The first-order valence-corrected chi connectivity index (χ1v) is 13.3. The van der Waals surface area contributed by atoms with Gasteiger partial charge in [0.2, 0.25) is 0 Å². The SMILES string of the molecule is CC(C)(C)c1[c-]c2c(cc1)-c1ccc(C(C)(C)C)cc1C2.[Ti+2]=[C]1CCCCC1.c1cc[cH-]c1. The van der Waals surface area contributed by atoms with Gasteiger partial charge in [-0.05, 0) is 28.4 Å². The Morgan fingerprint density at radius 2 is 1.42 bits per heavy atom. The molecule has 0 N–H and O–H groups in total. The van der Waals surface area contributed by atoms with Gasteiger partial charge in [0.05, 0.1) is 0 Å². The fraction of sp³-hybridized carbons (Fsp3) is 0.438. The topological polar surface area (TPSA) is 0 Å². The standard InChI is InChI=1S/C21H25.C6H10.C5H5.Ti/c1-20(2,3)16-7-9-18-14(12-16)11-15-13-17(21(4,5)6)8-10-19(15)18;1-2-4-6-5-3-1;1-2-4-5-3-1;/h7-10,12H,11H2,1-6H3;1-5H2;1-5H;/q-1;;-1;+2. The van der Waals surface area contributed by atoms with Gasteiger partial charge in [-0.2, -0.15) is 42.0 Å². The predicted octanol–water partition coefficient (Wildman–Crippen LogP) is 8.73. The Morgan fingerprint density at radius 3 is 1.91 bits per heavy atom. The van der Waals surface area contributed by atoms with Gasteiger partial charge >= 0.3 is 55.9 Å². The zero-order chi connectivity index (χ0) is 24.1. The fourth-order valence-corrected chi connectivity index (χ4v) is 4.88. The van der Waals surface area contributed by atoms with Crippen molar-refractivity contribution in [1.29, 1.82) is 0 Å². The molecule has 3 aromatic carbocycles. The van der Waals surface area contributed by atoms with Crippen LogP contribution in [0.3, 0.4) is 0 Å². The molecule has 0 aliphatic heterocycles. The van der Waals surface area contributed by atoms with Crippen LogP contribution in [0.1, 0.15) is 95.9 Å². The summed E-state index contributed by atoms with van der Waals surface area (Å²) in [6, 6.07) is 25.2. The van der Waals surface area contributed by atoms with Gasteiger partial charge in [0.1, 0.15) is 0 Å². The van der Waals surface area contributed by atoms with Gasteiger partial charge < -0.3 is 0 Å². The van der Waals surface area contributed by atoms with Crippen molar-refractivity contribution >= 4 is 3.81 Å². The third kappa shape index (κ3) is 7.43. The van der Waals surface area contributed by atoms with Crippen molar-refractivity contribution in [3.8, 4) is 11.1 Å². The fourth-order valence-electron chi connectivity index (χ4n) is 4.33. The third-order valence-electron chi connectivity index (χ3n) is 6.48. The maximum Gasteiger partial charge on any atom is -0.172 e. The Bertz CT molecular complexity index is 952. The van der Waals surface area contributed by atoms with Crippen molar-refractivity contribution in [2.24, 2.45) is 0 Å². The number of hydrogen-bond acceptors (Lipinski definition) is 0. The van der Waals surface area contributed by atoms with Crippen LogP contribution in [-0.2, 0) is 37.2 Å². The van der Waals surface area contributed by atoms with E-state index in [1.165, 1.54) is 65.5 Å². The molecule has 1 fully saturated rings. The van der Waals surface area contributed by atoms with Crippen LogP contribution in [0.4, 0.5) is 0 Å². The normalized spacial score (nSPS) is 15.0. The second-order valence-corrected chi connectivity index (χ2v) is 12.5. The third-order valence-corrected chi connectivity index (χ3v) is 7.26. The van der Waals surface area contributed by atoms with Crippen LogP contribution < -0.4 is 0 Å². The summed E-state index contributed by atoms with van der Waals surface area (Å²) in [5.41, 5.74) is 8.70. The van der Waals surface area contributed by atoms with E-state index < -0.39 is 0 Å². The van der Waals surface area contributed by atoms with Gasteiger partial charge in [0, 0.05) is 0 Å². The van der Waals surface area contributed by atoms with E-state index in [1.807, 2.05) is 30.3 Å². The molecule has 0 radical (unpaired) electrons. The Balaban J connectivity index is 0.000000207. The Labute approximate surface area is 214 Å². The maximum atomic E-state index is 3.67. The largest absolute Gasteiger partial charge is 0.214 e. The first kappa shape index (κ1) is 26.0. The first-order valence-electron chi connectivity index (χ1n) is 12.5. The minimum absolute atomic E-state index is 0.167. The van der Waals surface area contributed by atoms with Crippen molar-refractivity contribution in [1.82, 2.24) is 0 Å². The van der Waals surface area contributed by atoms with Crippen LogP contribution >= 0.6 is 0 Å². The van der Waals surface area contributed by atoms with E-state index in [0.717, 1.165) is 6.42 Å². The average molecular weight is 473 g/mol. The van der Waals surface area contributed by atoms with E-state index in [2.05, 4.69) is 97.9 Å². The molecule has 2 aliphatic rings. The molecule has 1 heteroatoms. The Hall–Kier alpha value is -1.63. The number of fused-ring (bicyclic) bond motifs is 3. The molecule has 0 saturated heterocycles. The number of rotatable bonds is 0. The second-order valence-electron chi connectivity index (χ2n) is 11.4. The quantitative estimate of drug-likeness (QED) is 0.177. The van der Waals surface area contributed by atoms with Crippen molar-refractivity contribution < 1.29 is 20.0 Å². The van der Waals surface area contributed by atoms with E-state index >= 15 is 0 Å². The molecule has 1 saturated carbocycles. The van der Waals surface area contributed by atoms with Gasteiger partial charge in [-0.3, -0.25) is 0 Å². The molecule has 0 bridgehead atoms. The smallest absolute Gasteiger partial charge is 0.172 e. The van der Waals surface area contributed by atoms with Crippen LogP contribution in [-0.4, -0.2) is 3.81 Å². The van der Waals surface area contributed by atoms with Crippen LogP contribution in [0.2, 0.25) is 0 Å². The summed E-state index contributed by atoms with van der Waals surface area (Å²) in [5, 5.41) is 0. The minimum Gasteiger partial charge on any atom is -0.214 e. The van der Waals surface area contributed by atoms with Crippen molar-refractivity contribution in [3.63, 3.8) is 0 Å². The van der Waals surface area contributed by atoms with Crippen LogP contribution in [0, 0.1) is 6.07 Å². The van der Waals surface area contributed by atoms with Crippen molar-refractivity contribution in [2.45, 2.75) is 90.9 Å². The average Bonchev–Trinajstić information content (AvgIpc) is 3.44. The summed E-state index contributed by atoms with van der Waals surface area (Å²) in [5.74, 6) is 0. The monoisotopic (exact) mass is 472 g/mol. The number of benzene rings is 2. The summed E-state index contributed by atoms with van der Waals surface area (Å²) >= 11 is 2.28. The molecule has 0 aromatic heterocycles. The van der Waals surface area contributed by atoms with Crippen molar-refractivity contribution in [2.75, 3.05) is 0 Å². The zero-order valence-corrected chi connectivity index (χ0v) is 23.1. The van der Waals surface area contributed by atoms with E-state index in [9.17, 15) is 0 Å². The maximum absolute atomic E-state index is 3.67. The molecule has 172 valence electrons. The second kappa shape index (κ2) is 11.2. The molecule has 0 atom stereocenters. The van der Waals surface area contributed by atoms with Crippen molar-refractivity contribution in [3.05, 3.63) is 89.0 Å². The predicted molar refractivity (Wildman–Crippen MR) is 141 cm³/mol. The van der Waals surface area contributed by atoms with E-state index in [1.54, 1.807) is 3.81 Å². The molecule has 5 rings (SSSR count). The summed E-state index contributed by atoms with van der Waals surface area (Å²) in [6.07, 6.45) is 8.20. The molecule has 0 unspecified atom stereocenters. The molecule has 0 heterocycles. The molecule has 0 spiro atoms. The molecular weight excluding hydrogens is 432 g/mol. The van der Waals surface area contributed by atoms with E-state index in [4.69, 9.17) is 0 Å². The van der Waals surface area contributed by atoms with Gasteiger partial charge in [0.25, 0.3) is 0 Å². The molecule has 33 heavy (non-hydrogen) atoms. The van der Waals surface area contributed by atoms with Crippen LogP contribution in [0.15, 0.2) is 60.7 Å². The van der Waals surface area contributed by atoms with E-state index in [-0.39, 0.29) is 10.8 Å². The molecule has 0 amide bonds. The molecular formula is C32H40Ti. The molecule has 3 aromatic rings. The Morgan fingerprint density at radius 1 is 0.788 bits per heavy atom. The summed E-state index contributed by atoms with van der Waals surface area (Å²) in [4.78, 5) is 0. The van der Waals surface area contributed by atoms with Gasteiger partial charge in [-0.15, -0.1) is 11.1 Å². The minimum atomic E-state index is 0.167. The van der Waals surface area contributed by atoms with Gasteiger partial charge in [0.15, 0.2) is 0 Å². The first-order chi connectivity index (χ1) is 15.6. The van der Waals surface area contributed by atoms with Gasteiger partial charge in [-0.25, -0.2) is 12.1 Å². The molecule has 2 aliphatic carbocycles. The molecule has 0 nitrogen and oxygen atoms in total. The van der Waals surface area contributed by atoms with Gasteiger partial charge in [-0.1, -0.05) is 65.3 Å². The van der Waals surface area contributed by atoms with E-state index in [0.29, 0.717) is 0 Å². The Kier molecular flexibility index (Phi) is 8.82. The zero-order valence-electron chi connectivity index (χ0n) is 21.5. The summed E-state index contributed by atoms with van der Waals surface area (Å²) < 4.78 is 1.71.